The Kier molecular flexibility index (Phi) is 5.20. The highest BCUT2D eigenvalue weighted by molar-refractivity contribution is 5.80. The molecule has 2 heterocycles. The highest BCUT2D eigenvalue weighted by Gasteiger charge is 2.24. The Labute approximate surface area is 114 Å². The van der Waals surface area contributed by atoms with Crippen LogP contribution in [-0.2, 0) is 11.3 Å². The molecule has 6 heteroatoms. The molecule has 2 rings (SSSR count). The topological polar surface area (TPSA) is 65.5 Å². The number of methoxy groups -OCH3 is 1. The molecule has 2 N–H and O–H groups in total. The fraction of sp³-hybridized carbons (Fsp3) is 0.692. The number of guanidine groups is 1. The molecule has 1 unspecified atom stereocenters. The number of hydrogen-bond donors (Lipinski definition) is 2. The van der Waals surface area contributed by atoms with Crippen molar-refractivity contribution in [3.8, 4) is 0 Å². The largest absolute Gasteiger partial charge is 0.384 e. The van der Waals surface area contributed by atoms with Crippen LogP contribution >= 0.6 is 0 Å². The van der Waals surface area contributed by atoms with Crippen molar-refractivity contribution in [2.24, 2.45) is 10.9 Å². The molecule has 1 aliphatic rings. The number of H-pyrrole nitrogens is 1. The Morgan fingerprint density at radius 1 is 1.68 bits per heavy atom. The molecule has 0 aromatic carbocycles. The van der Waals surface area contributed by atoms with Crippen molar-refractivity contribution in [3.63, 3.8) is 0 Å². The second-order valence-corrected chi connectivity index (χ2v) is 4.81. The summed E-state index contributed by atoms with van der Waals surface area (Å²) in [6.45, 7) is 6.50. The average molecular weight is 265 g/mol. The van der Waals surface area contributed by atoms with Crippen molar-refractivity contribution in [2.75, 3.05) is 33.4 Å². The first-order chi connectivity index (χ1) is 9.33. The van der Waals surface area contributed by atoms with E-state index in [-0.39, 0.29) is 0 Å². The molecule has 0 spiro atoms. The number of nitrogens with one attached hydrogen (secondary N) is 2. The van der Waals surface area contributed by atoms with E-state index >= 15 is 0 Å². The van der Waals surface area contributed by atoms with Gasteiger partial charge in [0, 0.05) is 38.9 Å². The first-order valence-electron chi connectivity index (χ1n) is 6.84. The summed E-state index contributed by atoms with van der Waals surface area (Å²) in [5.41, 5.74) is 1.03. The zero-order chi connectivity index (χ0) is 13.5. The average Bonchev–Trinajstić information content (AvgIpc) is 3.06. The predicted octanol–water partition coefficient (Wildman–Crippen LogP) is 0.843. The molecule has 0 radical (unpaired) electrons. The molecule has 106 valence electrons. The third-order valence-corrected chi connectivity index (χ3v) is 3.28. The Bertz CT molecular complexity index is 390. The van der Waals surface area contributed by atoms with Gasteiger partial charge in [-0.25, -0.2) is 4.99 Å². The van der Waals surface area contributed by atoms with Crippen LogP contribution in [0.25, 0.3) is 0 Å². The van der Waals surface area contributed by atoms with E-state index < -0.39 is 0 Å². The van der Waals surface area contributed by atoms with Gasteiger partial charge in [-0.05, 0) is 19.4 Å². The van der Waals surface area contributed by atoms with Crippen molar-refractivity contribution in [2.45, 2.75) is 19.9 Å². The number of rotatable bonds is 5. The zero-order valence-corrected chi connectivity index (χ0v) is 11.7. The number of ether oxygens (including phenoxy) is 1. The molecule has 19 heavy (non-hydrogen) atoms. The highest BCUT2D eigenvalue weighted by atomic mass is 16.5. The molecule has 0 aliphatic carbocycles. The molecule has 1 saturated heterocycles. The van der Waals surface area contributed by atoms with Crippen LogP contribution in [0.3, 0.4) is 0 Å². The van der Waals surface area contributed by atoms with Crippen LogP contribution in [0.4, 0.5) is 0 Å². The van der Waals surface area contributed by atoms with Crippen molar-refractivity contribution in [1.82, 2.24) is 20.4 Å². The SMILES string of the molecule is CCNC(=NCc1ccn[nH]1)N1CCC(COC)C1. The van der Waals surface area contributed by atoms with E-state index in [9.17, 15) is 0 Å². The van der Waals surface area contributed by atoms with Gasteiger partial charge in [0.15, 0.2) is 5.96 Å². The van der Waals surface area contributed by atoms with Gasteiger partial charge in [0.1, 0.15) is 0 Å². The molecule has 1 aromatic heterocycles. The lowest BCUT2D eigenvalue weighted by Crippen LogP contribution is -2.40. The van der Waals surface area contributed by atoms with Gasteiger partial charge in [-0.2, -0.15) is 5.10 Å². The van der Waals surface area contributed by atoms with E-state index in [0.29, 0.717) is 12.5 Å². The Morgan fingerprint density at radius 3 is 3.26 bits per heavy atom. The standard InChI is InChI=1S/C13H23N5O/c1-3-14-13(15-8-12-4-6-16-17-12)18-7-5-11(9-18)10-19-2/h4,6,11H,3,5,7-10H2,1-2H3,(H,14,15)(H,16,17). The first-order valence-corrected chi connectivity index (χ1v) is 6.84. The summed E-state index contributed by atoms with van der Waals surface area (Å²) < 4.78 is 5.23. The molecule has 6 nitrogen and oxygen atoms in total. The smallest absolute Gasteiger partial charge is 0.194 e. The van der Waals surface area contributed by atoms with E-state index in [1.807, 2.05) is 6.07 Å². The molecular weight excluding hydrogens is 242 g/mol. The number of nitrogens with zero attached hydrogens (tertiary/aromatic N) is 3. The number of aliphatic imine (C=N–C) groups is 1. The van der Waals surface area contributed by atoms with E-state index in [4.69, 9.17) is 4.74 Å². The Hall–Kier alpha value is -1.56. The molecule has 1 fully saturated rings. The number of likely N-dealkylation sites (tertiary alicyclic amines) is 1. The lowest BCUT2D eigenvalue weighted by molar-refractivity contribution is 0.157. The van der Waals surface area contributed by atoms with E-state index in [1.165, 1.54) is 6.42 Å². The van der Waals surface area contributed by atoms with Crippen molar-refractivity contribution < 1.29 is 4.74 Å². The van der Waals surface area contributed by atoms with Gasteiger partial charge in [0.05, 0.1) is 18.8 Å². The molecular formula is C13H23N5O. The van der Waals surface area contributed by atoms with Crippen LogP contribution in [0.15, 0.2) is 17.3 Å². The number of hydrogen-bond acceptors (Lipinski definition) is 3. The summed E-state index contributed by atoms with van der Waals surface area (Å²) in [7, 11) is 1.76. The minimum absolute atomic E-state index is 0.612. The van der Waals surface area contributed by atoms with Crippen LogP contribution in [0, 0.1) is 5.92 Å². The van der Waals surface area contributed by atoms with Crippen LogP contribution in [0.5, 0.6) is 0 Å². The summed E-state index contributed by atoms with van der Waals surface area (Å²) in [5, 5.41) is 10.2. The maximum atomic E-state index is 5.23. The highest BCUT2D eigenvalue weighted by Crippen LogP contribution is 2.16. The molecule has 0 bridgehead atoms. The van der Waals surface area contributed by atoms with Gasteiger partial charge < -0.3 is 15.0 Å². The van der Waals surface area contributed by atoms with Gasteiger partial charge in [0.25, 0.3) is 0 Å². The third-order valence-electron chi connectivity index (χ3n) is 3.28. The molecule has 1 aromatic rings. The van der Waals surface area contributed by atoms with Crippen molar-refractivity contribution in [3.05, 3.63) is 18.0 Å². The van der Waals surface area contributed by atoms with Crippen LogP contribution < -0.4 is 5.32 Å². The van der Waals surface area contributed by atoms with Gasteiger partial charge in [-0.3, -0.25) is 5.10 Å². The second-order valence-electron chi connectivity index (χ2n) is 4.81. The maximum absolute atomic E-state index is 5.23. The quantitative estimate of drug-likeness (QED) is 0.612. The fourth-order valence-electron chi connectivity index (χ4n) is 2.36. The number of aromatic amines is 1. The molecule has 0 amide bonds. The minimum Gasteiger partial charge on any atom is -0.384 e. The summed E-state index contributed by atoms with van der Waals surface area (Å²) in [6, 6.07) is 1.95. The maximum Gasteiger partial charge on any atom is 0.194 e. The molecule has 1 aliphatic heterocycles. The second kappa shape index (κ2) is 7.13. The van der Waals surface area contributed by atoms with Gasteiger partial charge in [-0.1, -0.05) is 0 Å². The first kappa shape index (κ1) is 13.9. The van der Waals surface area contributed by atoms with Crippen LogP contribution in [0.1, 0.15) is 19.0 Å². The summed E-state index contributed by atoms with van der Waals surface area (Å²) in [5.74, 6) is 1.59. The predicted molar refractivity (Wildman–Crippen MR) is 75.0 cm³/mol. The number of aromatic nitrogens is 2. The molecule has 0 saturated carbocycles. The van der Waals surface area contributed by atoms with Gasteiger partial charge >= 0.3 is 0 Å². The summed E-state index contributed by atoms with van der Waals surface area (Å²) in [4.78, 5) is 6.96. The van der Waals surface area contributed by atoms with Crippen LogP contribution in [-0.4, -0.2) is 54.4 Å². The van der Waals surface area contributed by atoms with Crippen molar-refractivity contribution >= 4 is 5.96 Å². The van der Waals surface area contributed by atoms with Gasteiger partial charge in [0.2, 0.25) is 0 Å². The Morgan fingerprint density at radius 2 is 2.58 bits per heavy atom. The normalized spacial score (nSPS) is 20.0. The zero-order valence-electron chi connectivity index (χ0n) is 11.7. The lowest BCUT2D eigenvalue weighted by Gasteiger charge is -2.21. The van der Waals surface area contributed by atoms with Gasteiger partial charge in [-0.15, -0.1) is 0 Å². The van der Waals surface area contributed by atoms with Crippen molar-refractivity contribution in [1.29, 1.82) is 0 Å². The van der Waals surface area contributed by atoms with E-state index in [1.54, 1.807) is 13.3 Å². The Balaban J connectivity index is 1.93. The fourth-order valence-corrected chi connectivity index (χ4v) is 2.36. The molecule has 1 atom stereocenters. The summed E-state index contributed by atoms with van der Waals surface area (Å²) in [6.07, 6.45) is 2.92. The van der Waals surface area contributed by atoms with E-state index in [2.05, 4.69) is 32.3 Å². The van der Waals surface area contributed by atoms with E-state index in [0.717, 1.165) is 37.9 Å². The monoisotopic (exact) mass is 265 g/mol. The minimum atomic E-state index is 0.612. The summed E-state index contributed by atoms with van der Waals surface area (Å²) >= 11 is 0. The van der Waals surface area contributed by atoms with Crippen LogP contribution in [0.2, 0.25) is 0 Å². The third kappa shape index (κ3) is 3.96. The lowest BCUT2D eigenvalue weighted by atomic mass is 10.1.